The van der Waals surface area contributed by atoms with Gasteiger partial charge in [0.25, 0.3) is 0 Å². The van der Waals surface area contributed by atoms with Gasteiger partial charge in [-0.05, 0) is 42.0 Å². The van der Waals surface area contributed by atoms with Crippen LogP contribution in [0.5, 0.6) is 5.75 Å². The predicted molar refractivity (Wildman–Crippen MR) is 120 cm³/mol. The molecule has 0 atom stereocenters. The van der Waals surface area contributed by atoms with Gasteiger partial charge in [0.2, 0.25) is 5.91 Å². The number of anilines is 2. The quantitative estimate of drug-likeness (QED) is 0.434. The first kappa shape index (κ1) is 20.6. The topological polar surface area (TPSA) is 93.4 Å². The number of benzene rings is 2. The summed E-state index contributed by atoms with van der Waals surface area (Å²) < 4.78 is 6.92. The van der Waals surface area contributed by atoms with E-state index in [2.05, 4.69) is 25.9 Å². The molecule has 8 nitrogen and oxygen atoms in total. The van der Waals surface area contributed by atoms with Gasteiger partial charge < -0.3 is 15.4 Å². The summed E-state index contributed by atoms with van der Waals surface area (Å²) in [5.41, 5.74) is 2.34. The minimum absolute atomic E-state index is 0.140. The molecule has 2 aromatic carbocycles. The molecule has 0 fully saturated rings. The number of carbonyl (C=O) groups excluding carboxylic acids is 1. The number of fused-ring (bicyclic) bond motifs is 1. The highest BCUT2D eigenvalue weighted by Gasteiger charge is 2.12. The van der Waals surface area contributed by atoms with E-state index in [4.69, 9.17) is 16.3 Å². The van der Waals surface area contributed by atoms with Gasteiger partial charge in [0.15, 0.2) is 11.5 Å². The Kier molecular flexibility index (Phi) is 6.28. The molecule has 2 heterocycles. The van der Waals surface area contributed by atoms with Crippen LogP contribution in [0.1, 0.15) is 17.8 Å². The second kappa shape index (κ2) is 9.44. The highest BCUT2D eigenvalue weighted by Crippen LogP contribution is 2.23. The van der Waals surface area contributed by atoms with Gasteiger partial charge in [0.1, 0.15) is 11.6 Å². The van der Waals surface area contributed by atoms with Crippen molar-refractivity contribution in [2.75, 3.05) is 17.7 Å². The zero-order valence-corrected chi connectivity index (χ0v) is 17.6. The lowest BCUT2D eigenvalue weighted by atomic mass is 10.2. The Labute approximate surface area is 184 Å². The first-order valence-corrected chi connectivity index (χ1v) is 10.1. The largest absolute Gasteiger partial charge is 0.495 e. The Hall–Kier alpha value is -3.65. The Morgan fingerprint density at radius 2 is 1.87 bits per heavy atom. The molecule has 4 aromatic rings. The smallest absolute Gasteiger partial charge is 0.224 e. The summed E-state index contributed by atoms with van der Waals surface area (Å²) in [7, 11) is 1.57. The molecule has 4 rings (SSSR count). The molecular formula is C22H21ClN6O2. The molecule has 0 bridgehead atoms. The zero-order valence-electron chi connectivity index (χ0n) is 16.9. The number of hydrogen-bond donors (Lipinski definition) is 2. The Morgan fingerprint density at radius 1 is 1.06 bits per heavy atom. The van der Waals surface area contributed by atoms with Crippen LogP contribution in [0, 0.1) is 0 Å². The van der Waals surface area contributed by atoms with Crippen molar-refractivity contribution in [2.24, 2.45) is 0 Å². The van der Waals surface area contributed by atoms with Gasteiger partial charge >= 0.3 is 0 Å². The fraction of sp³-hybridized carbons (Fsp3) is 0.182. The summed E-state index contributed by atoms with van der Waals surface area (Å²) in [6.07, 6.45) is 0.638. The van der Waals surface area contributed by atoms with Crippen molar-refractivity contribution in [1.29, 1.82) is 0 Å². The molecule has 2 N–H and O–H groups in total. The molecule has 0 saturated carbocycles. The van der Waals surface area contributed by atoms with Crippen molar-refractivity contribution in [2.45, 2.75) is 19.4 Å². The molecule has 0 radical (unpaired) electrons. The lowest BCUT2D eigenvalue weighted by Crippen LogP contribution is -2.14. The van der Waals surface area contributed by atoms with Crippen molar-refractivity contribution >= 4 is 34.7 Å². The maximum Gasteiger partial charge on any atom is 0.224 e. The Bertz CT molecular complexity index is 1190. The van der Waals surface area contributed by atoms with Gasteiger partial charge in [-0.1, -0.05) is 35.9 Å². The summed E-state index contributed by atoms with van der Waals surface area (Å²) in [6, 6.07) is 18.6. The molecule has 0 saturated heterocycles. The lowest BCUT2D eigenvalue weighted by molar-refractivity contribution is -0.116. The fourth-order valence-corrected chi connectivity index (χ4v) is 3.19. The fourth-order valence-electron chi connectivity index (χ4n) is 3.06. The standard InChI is InChI=1S/C22H21ClN6O2/c1-31-18-5-3-2-4-17(18)25-22(30)13-12-21-27-26-20-11-10-19(28-29(20)21)24-14-15-6-8-16(23)9-7-15/h2-11H,12-14H2,1H3,(H,24,28)(H,25,30). The van der Waals surface area contributed by atoms with Crippen molar-refractivity contribution in [3.05, 3.63) is 77.1 Å². The Morgan fingerprint density at radius 3 is 2.68 bits per heavy atom. The van der Waals surface area contributed by atoms with Crippen molar-refractivity contribution in [3.8, 4) is 5.75 Å². The zero-order chi connectivity index (χ0) is 21.6. The minimum atomic E-state index is -0.140. The second-order valence-corrected chi connectivity index (χ2v) is 7.27. The number of methoxy groups -OCH3 is 1. The van der Waals surface area contributed by atoms with Gasteiger partial charge in [-0.15, -0.1) is 15.3 Å². The van der Waals surface area contributed by atoms with Crippen LogP contribution in [-0.4, -0.2) is 32.8 Å². The highest BCUT2D eigenvalue weighted by molar-refractivity contribution is 6.30. The summed E-state index contributed by atoms with van der Waals surface area (Å²) in [6.45, 7) is 0.606. The number of halogens is 1. The van der Waals surface area contributed by atoms with E-state index in [-0.39, 0.29) is 12.3 Å². The van der Waals surface area contributed by atoms with Crippen LogP contribution in [0.2, 0.25) is 5.02 Å². The predicted octanol–water partition coefficient (Wildman–Crippen LogP) is 3.97. The van der Waals surface area contributed by atoms with E-state index in [1.165, 1.54) is 0 Å². The van der Waals surface area contributed by atoms with E-state index in [1.54, 1.807) is 23.8 Å². The molecule has 0 spiro atoms. The summed E-state index contributed by atoms with van der Waals surface area (Å²) in [4.78, 5) is 12.4. The molecular weight excluding hydrogens is 416 g/mol. The van der Waals surface area contributed by atoms with Crippen LogP contribution < -0.4 is 15.4 Å². The third kappa shape index (κ3) is 5.10. The maximum absolute atomic E-state index is 12.4. The SMILES string of the molecule is COc1ccccc1NC(=O)CCc1nnc2ccc(NCc3ccc(Cl)cc3)nn12. The Balaban J connectivity index is 1.40. The highest BCUT2D eigenvalue weighted by atomic mass is 35.5. The number of carbonyl (C=O) groups is 1. The van der Waals surface area contributed by atoms with Gasteiger partial charge in [-0.2, -0.15) is 4.52 Å². The number of aromatic nitrogens is 4. The number of rotatable bonds is 8. The number of hydrogen-bond acceptors (Lipinski definition) is 6. The molecule has 1 amide bonds. The van der Waals surface area contributed by atoms with E-state index in [0.717, 1.165) is 5.56 Å². The molecule has 0 aliphatic heterocycles. The number of aryl methyl sites for hydroxylation is 1. The van der Waals surface area contributed by atoms with Crippen LogP contribution in [0.15, 0.2) is 60.7 Å². The first-order chi connectivity index (χ1) is 15.1. The van der Waals surface area contributed by atoms with Crippen molar-refractivity contribution in [1.82, 2.24) is 19.8 Å². The maximum atomic E-state index is 12.4. The average Bonchev–Trinajstić information content (AvgIpc) is 3.20. The van der Waals surface area contributed by atoms with E-state index >= 15 is 0 Å². The summed E-state index contributed by atoms with van der Waals surface area (Å²) in [5, 5.41) is 19.7. The number of para-hydroxylation sites is 2. The van der Waals surface area contributed by atoms with Gasteiger partial charge in [-0.25, -0.2) is 0 Å². The second-order valence-electron chi connectivity index (χ2n) is 6.83. The third-order valence-electron chi connectivity index (χ3n) is 4.67. The van der Waals surface area contributed by atoms with E-state index in [9.17, 15) is 4.79 Å². The van der Waals surface area contributed by atoms with Gasteiger partial charge in [0, 0.05) is 24.4 Å². The number of amides is 1. The van der Waals surface area contributed by atoms with Crippen LogP contribution in [0.4, 0.5) is 11.5 Å². The number of nitrogens with zero attached hydrogens (tertiary/aromatic N) is 4. The normalized spacial score (nSPS) is 10.8. The monoisotopic (exact) mass is 436 g/mol. The lowest BCUT2D eigenvalue weighted by Gasteiger charge is -2.09. The van der Waals surface area contributed by atoms with Crippen LogP contribution in [-0.2, 0) is 17.8 Å². The molecule has 2 aromatic heterocycles. The molecule has 31 heavy (non-hydrogen) atoms. The van der Waals surface area contributed by atoms with E-state index in [0.29, 0.717) is 46.7 Å². The summed E-state index contributed by atoms with van der Waals surface area (Å²) >= 11 is 5.93. The molecule has 158 valence electrons. The molecule has 9 heteroatoms. The number of nitrogens with one attached hydrogen (secondary N) is 2. The van der Waals surface area contributed by atoms with E-state index < -0.39 is 0 Å². The van der Waals surface area contributed by atoms with Gasteiger partial charge in [0.05, 0.1) is 12.8 Å². The molecule has 0 aliphatic carbocycles. The van der Waals surface area contributed by atoms with Crippen LogP contribution >= 0.6 is 11.6 Å². The summed E-state index contributed by atoms with van der Waals surface area (Å²) in [5.74, 6) is 1.77. The first-order valence-electron chi connectivity index (χ1n) is 9.75. The minimum Gasteiger partial charge on any atom is -0.495 e. The average molecular weight is 437 g/mol. The third-order valence-corrected chi connectivity index (χ3v) is 4.92. The molecule has 0 unspecified atom stereocenters. The van der Waals surface area contributed by atoms with Crippen molar-refractivity contribution < 1.29 is 9.53 Å². The number of ether oxygens (including phenoxy) is 1. The van der Waals surface area contributed by atoms with Crippen LogP contribution in [0.25, 0.3) is 5.65 Å². The van der Waals surface area contributed by atoms with Crippen LogP contribution in [0.3, 0.4) is 0 Å². The van der Waals surface area contributed by atoms with Gasteiger partial charge in [-0.3, -0.25) is 4.79 Å². The molecule has 0 aliphatic rings. The van der Waals surface area contributed by atoms with Crippen molar-refractivity contribution in [3.63, 3.8) is 0 Å². The van der Waals surface area contributed by atoms with E-state index in [1.807, 2.05) is 48.5 Å².